The van der Waals surface area contributed by atoms with Crippen molar-refractivity contribution in [3.8, 4) is 45.3 Å². The van der Waals surface area contributed by atoms with Gasteiger partial charge in [-0.3, -0.25) is 0 Å². The highest BCUT2D eigenvalue weighted by Gasteiger charge is 2.46. The van der Waals surface area contributed by atoms with Gasteiger partial charge in [-0.15, -0.1) is 11.3 Å². The third-order valence-electron chi connectivity index (χ3n) is 11.0. The van der Waals surface area contributed by atoms with E-state index in [9.17, 15) is 0 Å². The van der Waals surface area contributed by atoms with Gasteiger partial charge in [-0.1, -0.05) is 176 Å². The average Bonchev–Trinajstić information content (AvgIpc) is 3.77. The van der Waals surface area contributed by atoms with Gasteiger partial charge in [0.05, 0.1) is 5.41 Å². The lowest BCUT2D eigenvalue weighted by Gasteiger charge is -2.34. The van der Waals surface area contributed by atoms with Crippen molar-refractivity contribution < 1.29 is 0 Å². The second-order valence-electron chi connectivity index (χ2n) is 13.9. The summed E-state index contributed by atoms with van der Waals surface area (Å²) in [5.41, 5.74) is 10.2. The molecule has 2 aromatic heterocycles. The molecule has 2 heterocycles. The molecule has 3 nitrogen and oxygen atoms in total. The number of nitrogens with zero attached hydrogens (tertiary/aromatic N) is 3. The molecule has 0 aliphatic heterocycles. The number of rotatable bonds is 5. The summed E-state index contributed by atoms with van der Waals surface area (Å²) in [6.07, 6.45) is 0. The van der Waals surface area contributed by atoms with Crippen LogP contribution in [0.4, 0.5) is 0 Å². The molecule has 0 spiro atoms. The van der Waals surface area contributed by atoms with E-state index in [1.54, 1.807) is 0 Å². The molecule has 252 valence electrons. The lowest BCUT2D eigenvalue weighted by atomic mass is 9.67. The summed E-state index contributed by atoms with van der Waals surface area (Å²) in [6.45, 7) is 0. The minimum atomic E-state index is -0.473. The van der Waals surface area contributed by atoms with Crippen LogP contribution in [0.5, 0.6) is 0 Å². The Hall–Kier alpha value is -6.75. The fraction of sp³-hybridized carbons (Fsp3) is 0.0200. The summed E-state index contributed by atoms with van der Waals surface area (Å²) in [5.74, 6) is 1.99. The predicted molar refractivity (Wildman–Crippen MR) is 224 cm³/mol. The van der Waals surface area contributed by atoms with Gasteiger partial charge in [-0.05, 0) is 56.3 Å². The van der Waals surface area contributed by atoms with E-state index in [-0.39, 0.29) is 0 Å². The number of aromatic nitrogens is 3. The molecule has 0 radical (unpaired) electrons. The summed E-state index contributed by atoms with van der Waals surface area (Å²) >= 11 is 1.83. The fourth-order valence-electron chi connectivity index (χ4n) is 8.61. The Kier molecular flexibility index (Phi) is 6.94. The highest BCUT2D eigenvalue weighted by Crippen LogP contribution is 2.58. The maximum Gasteiger partial charge on any atom is 0.164 e. The van der Waals surface area contributed by atoms with E-state index in [2.05, 4.69) is 127 Å². The van der Waals surface area contributed by atoms with Gasteiger partial charge in [-0.25, -0.2) is 15.0 Å². The summed E-state index contributed by atoms with van der Waals surface area (Å²) in [5, 5.41) is 5.04. The summed E-state index contributed by atoms with van der Waals surface area (Å²) in [6, 6.07) is 67.6. The van der Waals surface area contributed by atoms with Crippen molar-refractivity contribution >= 4 is 42.3 Å². The second kappa shape index (κ2) is 12.2. The van der Waals surface area contributed by atoms with Gasteiger partial charge >= 0.3 is 0 Å². The molecule has 0 saturated carbocycles. The Morgan fingerprint density at radius 2 is 0.944 bits per heavy atom. The van der Waals surface area contributed by atoms with Gasteiger partial charge in [0.2, 0.25) is 0 Å². The van der Waals surface area contributed by atoms with E-state index in [0.717, 1.165) is 16.7 Å². The Morgan fingerprint density at radius 3 is 1.67 bits per heavy atom. The molecule has 0 amide bonds. The maximum atomic E-state index is 5.02. The van der Waals surface area contributed by atoms with Crippen LogP contribution in [-0.2, 0) is 5.41 Å². The quantitative estimate of drug-likeness (QED) is 0.179. The number of thiophene rings is 1. The van der Waals surface area contributed by atoms with E-state index in [4.69, 9.17) is 15.0 Å². The normalized spacial score (nSPS) is 14.7. The number of fused-ring (bicyclic) bond motifs is 8. The molecular formula is C50H31N3S. The molecule has 8 aromatic carbocycles. The van der Waals surface area contributed by atoms with Gasteiger partial charge in [-0.2, -0.15) is 0 Å². The standard InChI is InChI=1S/C50H31N3S/c1-4-15-33(16-5-1)47-51-48(34-17-6-2-7-18-34)53-49(52-47)35-24-27-39-40-28-26-37(31-45(40)54-44(39)30-35)50(36-19-8-3-9-20-36)42-23-13-12-22-41(42)46-38-21-11-10-14-32(38)25-29-43(46)50/h1-31H. The van der Waals surface area contributed by atoms with Crippen LogP contribution in [0, 0.1) is 0 Å². The van der Waals surface area contributed by atoms with Crippen LogP contribution >= 0.6 is 11.3 Å². The van der Waals surface area contributed by atoms with E-state index >= 15 is 0 Å². The number of benzene rings is 8. The molecule has 0 bridgehead atoms. The largest absolute Gasteiger partial charge is 0.208 e. The highest BCUT2D eigenvalue weighted by molar-refractivity contribution is 7.25. The first kappa shape index (κ1) is 30.8. The van der Waals surface area contributed by atoms with E-state index in [1.165, 1.54) is 64.3 Å². The average molecular weight is 706 g/mol. The summed E-state index contributed by atoms with van der Waals surface area (Å²) < 4.78 is 2.46. The fourth-order valence-corrected chi connectivity index (χ4v) is 9.80. The predicted octanol–water partition coefficient (Wildman–Crippen LogP) is 12.8. The smallest absolute Gasteiger partial charge is 0.164 e. The molecule has 1 aliphatic carbocycles. The monoisotopic (exact) mass is 705 g/mol. The SMILES string of the molecule is c1ccc(-c2nc(-c3ccccc3)nc(-c3ccc4c(c3)sc3cc(C5(c6ccccc6)c6ccccc6-c6c5ccc5ccccc65)ccc34)n2)cc1. The lowest BCUT2D eigenvalue weighted by molar-refractivity contribution is 0.771. The molecule has 0 N–H and O–H groups in total. The molecule has 0 saturated heterocycles. The zero-order valence-corrected chi connectivity index (χ0v) is 30.0. The van der Waals surface area contributed by atoms with Crippen LogP contribution < -0.4 is 0 Å². The molecule has 1 atom stereocenters. The van der Waals surface area contributed by atoms with E-state index in [1.807, 2.05) is 72.0 Å². The first-order valence-corrected chi connectivity index (χ1v) is 19.1. The summed E-state index contributed by atoms with van der Waals surface area (Å²) in [7, 11) is 0. The molecule has 11 rings (SSSR count). The van der Waals surface area contributed by atoms with Gasteiger partial charge in [0.1, 0.15) is 0 Å². The van der Waals surface area contributed by atoms with Crippen molar-refractivity contribution in [3.05, 3.63) is 210 Å². The van der Waals surface area contributed by atoms with Gasteiger partial charge in [0.15, 0.2) is 17.5 Å². The van der Waals surface area contributed by atoms with Crippen LogP contribution in [0.25, 0.3) is 76.2 Å². The lowest BCUT2D eigenvalue weighted by Crippen LogP contribution is -2.28. The number of hydrogen-bond donors (Lipinski definition) is 0. The zero-order valence-electron chi connectivity index (χ0n) is 29.1. The van der Waals surface area contributed by atoms with Crippen molar-refractivity contribution in [2.45, 2.75) is 5.41 Å². The van der Waals surface area contributed by atoms with Crippen molar-refractivity contribution in [2.24, 2.45) is 0 Å². The van der Waals surface area contributed by atoms with Crippen molar-refractivity contribution in [2.75, 3.05) is 0 Å². The van der Waals surface area contributed by atoms with Crippen LogP contribution in [-0.4, -0.2) is 15.0 Å². The Bertz CT molecular complexity index is 2990. The van der Waals surface area contributed by atoms with Crippen LogP contribution in [0.2, 0.25) is 0 Å². The topological polar surface area (TPSA) is 38.7 Å². The molecule has 0 fully saturated rings. The maximum absolute atomic E-state index is 5.02. The molecule has 54 heavy (non-hydrogen) atoms. The zero-order chi connectivity index (χ0) is 35.6. The first-order valence-electron chi connectivity index (χ1n) is 18.3. The van der Waals surface area contributed by atoms with E-state index < -0.39 is 5.41 Å². The third-order valence-corrected chi connectivity index (χ3v) is 12.1. The van der Waals surface area contributed by atoms with Gasteiger partial charge < -0.3 is 0 Å². The van der Waals surface area contributed by atoms with Crippen LogP contribution in [0.15, 0.2) is 188 Å². The molecule has 1 unspecified atom stereocenters. The minimum Gasteiger partial charge on any atom is -0.208 e. The Morgan fingerprint density at radius 1 is 0.370 bits per heavy atom. The van der Waals surface area contributed by atoms with Gasteiger partial charge in [0, 0.05) is 36.9 Å². The highest BCUT2D eigenvalue weighted by atomic mass is 32.1. The Balaban J connectivity index is 1.11. The molecule has 4 heteroatoms. The first-order chi connectivity index (χ1) is 26.8. The van der Waals surface area contributed by atoms with Crippen molar-refractivity contribution in [3.63, 3.8) is 0 Å². The molecule has 10 aromatic rings. The molecule has 1 aliphatic rings. The van der Waals surface area contributed by atoms with Crippen LogP contribution in [0.3, 0.4) is 0 Å². The minimum absolute atomic E-state index is 0.473. The van der Waals surface area contributed by atoms with Crippen LogP contribution in [0.1, 0.15) is 22.3 Å². The number of hydrogen-bond acceptors (Lipinski definition) is 4. The van der Waals surface area contributed by atoms with Crippen molar-refractivity contribution in [1.82, 2.24) is 15.0 Å². The second-order valence-corrected chi connectivity index (χ2v) is 15.0. The summed E-state index contributed by atoms with van der Waals surface area (Å²) in [4.78, 5) is 14.9. The Labute approximate surface area is 316 Å². The van der Waals surface area contributed by atoms with Gasteiger partial charge in [0.25, 0.3) is 0 Å². The van der Waals surface area contributed by atoms with Crippen molar-refractivity contribution in [1.29, 1.82) is 0 Å². The van der Waals surface area contributed by atoms with E-state index in [0.29, 0.717) is 17.5 Å². The third kappa shape index (κ3) is 4.64. The molecular weight excluding hydrogens is 675 g/mol.